The van der Waals surface area contributed by atoms with Crippen LogP contribution < -0.4 is 14.4 Å². The van der Waals surface area contributed by atoms with E-state index in [0.29, 0.717) is 24.5 Å². The van der Waals surface area contributed by atoms with Crippen LogP contribution in [0.1, 0.15) is 57.2 Å². The molecule has 2 unspecified atom stereocenters. The molecule has 0 aliphatic rings. The average Bonchev–Trinajstić information content (AvgIpc) is 2.97. The summed E-state index contributed by atoms with van der Waals surface area (Å²) in [5, 5.41) is 3.00. The van der Waals surface area contributed by atoms with Crippen LogP contribution in [-0.4, -0.2) is 50.4 Å². The Morgan fingerprint density at radius 1 is 0.881 bits per heavy atom. The molecule has 9 heteroatoms. The quantitative estimate of drug-likeness (QED) is 0.262. The summed E-state index contributed by atoms with van der Waals surface area (Å²) in [6.07, 6.45) is 1.12. The van der Waals surface area contributed by atoms with Gasteiger partial charge in [-0.2, -0.15) is 0 Å². The highest BCUT2D eigenvalue weighted by Gasteiger charge is 2.34. The molecule has 0 heterocycles. The molecule has 0 radical (unpaired) electrons. The molecule has 0 fully saturated rings. The van der Waals surface area contributed by atoms with Crippen molar-refractivity contribution in [1.82, 2.24) is 10.2 Å². The number of benzene rings is 3. The van der Waals surface area contributed by atoms with Crippen LogP contribution in [0.25, 0.3) is 0 Å². The van der Waals surface area contributed by atoms with Crippen LogP contribution in [0.15, 0.2) is 77.7 Å². The predicted octanol–water partition coefficient (Wildman–Crippen LogP) is 5.62. The number of ether oxygens (including phenoxy) is 1. The molecule has 0 saturated heterocycles. The molecule has 3 aromatic rings. The number of aryl methyl sites for hydroxylation is 2. The second-order valence-corrected chi connectivity index (χ2v) is 12.3. The Morgan fingerprint density at radius 2 is 1.52 bits per heavy atom. The van der Waals surface area contributed by atoms with E-state index in [2.05, 4.69) is 5.32 Å². The maximum Gasteiger partial charge on any atom is 0.264 e. The minimum atomic E-state index is -4.15. The molecule has 0 aliphatic heterocycles. The van der Waals surface area contributed by atoms with E-state index in [4.69, 9.17) is 4.74 Å². The van der Waals surface area contributed by atoms with E-state index < -0.39 is 28.5 Å². The molecule has 0 saturated carbocycles. The van der Waals surface area contributed by atoms with Gasteiger partial charge in [-0.15, -0.1) is 0 Å². The third-order valence-electron chi connectivity index (χ3n) is 7.31. The Hall–Kier alpha value is -3.85. The van der Waals surface area contributed by atoms with E-state index in [1.807, 2.05) is 65.8 Å². The summed E-state index contributed by atoms with van der Waals surface area (Å²) in [5.41, 5.74) is 3.18. The zero-order valence-corrected chi connectivity index (χ0v) is 26.3. The molecular formula is C33H43N3O5S. The first kappa shape index (κ1) is 32.7. The first-order valence-corrected chi connectivity index (χ1v) is 15.9. The fourth-order valence-corrected chi connectivity index (χ4v) is 5.99. The van der Waals surface area contributed by atoms with E-state index in [1.165, 1.54) is 17.0 Å². The molecule has 1 N–H and O–H groups in total. The third kappa shape index (κ3) is 8.12. The lowest BCUT2D eigenvalue weighted by atomic mass is 10.1. The fourth-order valence-electron chi connectivity index (χ4n) is 4.57. The number of hydrogen-bond acceptors (Lipinski definition) is 5. The molecule has 0 spiro atoms. The van der Waals surface area contributed by atoms with E-state index in [1.54, 1.807) is 36.4 Å². The van der Waals surface area contributed by atoms with E-state index >= 15 is 0 Å². The number of amides is 2. The zero-order valence-electron chi connectivity index (χ0n) is 25.5. The Kier molecular flexibility index (Phi) is 11.6. The van der Waals surface area contributed by atoms with Crippen molar-refractivity contribution in [3.8, 4) is 5.75 Å². The standard InChI is InChI=1S/C33H43N3O5S/c1-7-26(6)34-33(38)31(8-2)35(22-27-13-11-10-12-25(27)5)32(37)23-36(28-16-14-24(4)15-17-28)42(39,40)30-20-18-29(19-21-30)41-9-3/h10-21,26,31H,7-9,22-23H2,1-6H3,(H,34,38). The largest absolute Gasteiger partial charge is 0.494 e. The van der Waals surface area contributed by atoms with Crippen LogP contribution in [0.3, 0.4) is 0 Å². The van der Waals surface area contributed by atoms with Crippen molar-refractivity contribution in [2.75, 3.05) is 17.5 Å². The molecule has 0 bridgehead atoms. The van der Waals surface area contributed by atoms with Gasteiger partial charge in [0.2, 0.25) is 11.8 Å². The maximum atomic E-state index is 14.2. The number of carbonyl (C=O) groups is 2. The van der Waals surface area contributed by atoms with Gasteiger partial charge in [0.15, 0.2) is 0 Å². The van der Waals surface area contributed by atoms with Gasteiger partial charge in [0, 0.05) is 12.6 Å². The second-order valence-electron chi connectivity index (χ2n) is 10.4. The summed E-state index contributed by atoms with van der Waals surface area (Å²) in [4.78, 5) is 29.2. The second kappa shape index (κ2) is 14.9. The minimum Gasteiger partial charge on any atom is -0.494 e. The van der Waals surface area contributed by atoms with Gasteiger partial charge < -0.3 is 15.0 Å². The van der Waals surface area contributed by atoms with Gasteiger partial charge in [0.1, 0.15) is 18.3 Å². The van der Waals surface area contributed by atoms with Crippen LogP contribution in [0.5, 0.6) is 5.75 Å². The molecule has 42 heavy (non-hydrogen) atoms. The van der Waals surface area contributed by atoms with E-state index in [0.717, 1.165) is 27.4 Å². The molecular weight excluding hydrogens is 550 g/mol. The minimum absolute atomic E-state index is 0.0336. The van der Waals surface area contributed by atoms with Crippen LogP contribution in [0.2, 0.25) is 0 Å². The van der Waals surface area contributed by atoms with Crippen LogP contribution in [-0.2, 0) is 26.2 Å². The molecule has 8 nitrogen and oxygen atoms in total. The summed E-state index contributed by atoms with van der Waals surface area (Å²) < 4.78 is 34.7. The van der Waals surface area contributed by atoms with Gasteiger partial charge in [0.25, 0.3) is 10.0 Å². The molecule has 3 rings (SSSR count). The Morgan fingerprint density at radius 3 is 2.10 bits per heavy atom. The van der Waals surface area contributed by atoms with Crippen molar-refractivity contribution in [2.45, 2.75) is 77.9 Å². The summed E-state index contributed by atoms with van der Waals surface area (Å²) in [6.45, 7) is 11.6. The molecule has 3 aromatic carbocycles. The first-order chi connectivity index (χ1) is 20.0. The lowest BCUT2D eigenvalue weighted by Gasteiger charge is -2.34. The predicted molar refractivity (Wildman–Crippen MR) is 167 cm³/mol. The van der Waals surface area contributed by atoms with Gasteiger partial charge in [-0.3, -0.25) is 13.9 Å². The van der Waals surface area contributed by atoms with Crippen LogP contribution in [0.4, 0.5) is 5.69 Å². The van der Waals surface area contributed by atoms with Gasteiger partial charge in [-0.1, -0.05) is 55.8 Å². The topological polar surface area (TPSA) is 96.0 Å². The molecule has 2 amide bonds. The van der Waals surface area contributed by atoms with Gasteiger partial charge in [0.05, 0.1) is 17.2 Å². The van der Waals surface area contributed by atoms with E-state index in [9.17, 15) is 18.0 Å². The molecule has 2 atom stereocenters. The van der Waals surface area contributed by atoms with Crippen molar-refractivity contribution < 1.29 is 22.7 Å². The number of hydrogen-bond donors (Lipinski definition) is 1. The SMILES string of the molecule is CCOc1ccc(S(=O)(=O)N(CC(=O)N(Cc2ccccc2C)C(CC)C(=O)NC(C)CC)c2ccc(C)cc2)cc1. The van der Waals surface area contributed by atoms with Crippen molar-refractivity contribution in [1.29, 1.82) is 0 Å². The van der Waals surface area contributed by atoms with Crippen molar-refractivity contribution in [3.05, 3.63) is 89.5 Å². The lowest BCUT2D eigenvalue weighted by Crippen LogP contribution is -2.53. The highest BCUT2D eigenvalue weighted by molar-refractivity contribution is 7.92. The first-order valence-electron chi connectivity index (χ1n) is 14.5. The summed E-state index contributed by atoms with van der Waals surface area (Å²) in [7, 11) is -4.15. The average molecular weight is 594 g/mol. The van der Waals surface area contributed by atoms with Gasteiger partial charge in [-0.05, 0) is 88.1 Å². The maximum absolute atomic E-state index is 14.2. The van der Waals surface area contributed by atoms with E-state index in [-0.39, 0.29) is 23.4 Å². The summed E-state index contributed by atoms with van der Waals surface area (Å²) in [6, 6.07) is 20.0. The Labute approximate surface area is 250 Å². The van der Waals surface area contributed by atoms with Crippen LogP contribution >= 0.6 is 0 Å². The number of anilines is 1. The monoisotopic (exact) mass is 593 g/mol. The van der Waals surface area contributed by atoms with Crippen LogP contribution in [0, 0.1) is 13.8 Å². The number of sulfonamides is 1. The van der Waals surface area contributed by atoms with Gasteiger partial charge in [-0.25, -0.2) is 8.42 Å². The fraction of sp³-hybridized carbons (Fsp3) is 0.394. The lowest BCUT2D eigenvalue weighted by molar-refractivity contribution is -0.140. The summed E-state index contributed by atoms with van der Waals surface area (Å²) in [5.74, 6) is -0.179. The van der Waals surface area contributed by atoms with Gasteiger partial charge >= 0.3 is 0 Å². The molecule has 0 aromatic heterocycles. The van der Waals surface area contributed by atoms with Crippen molar-refractivity contribution in [2.24, 2.45) is 0 Å². The Bertz CT molecular complexity index is 1440. The smallest absolute Gasteiger partial charge is 0.264 e. The normalized spacial score (nSPS) is 12.7. The van der Waals surface area contributed by atoms with Crippen molar-refractivity contribution in [3.63, 3.8) is 0 Å². The Balaban J connectivity index is 2.06. The number of rotatable bonds is 14. The van der Waals surface area contributed by atoms with Crippen molar-refractivity contribution >= 4 is 27.5 Å². The molecule has 0 aliphatic carbocycles. The number of nitrogens with one attached hydrogen (secondary N) is 1. The summed E-state index contributed by atoms with van der Waals surface area (Å²) >= 11 is 0. The third-order valence-corrected chi connectivity index (χ3v) is 9.10. The zero-order chi connectivity index (χ0) is 30.9. The number of carbonyl (C=O) groups excluding carboxylic acids is 2. The molecule has 226 valence electrons. The highest BCUT2D eigenvalue weighted by Crippen LogP contribution is 2.27. The highest BCUT2D eigenvalue weighted by atomic mass is 32.2. The number of nitrogens with zero attached hydrogens (tertiary/aromatic N) is 2.